The molecule has 0 spiro atoms. The summed E-state index contributed by atoms with van der Waals surface area (Å²) >= 11 is 1.14. The summed E-state index contributed by atoms with van der Waals surface area (Å²) in [5.41, 5.74) is 1.16. The lowest BCUT2D eigenvalue weighted by Crippen LogP contribution is -1.93. The smallest absolute Gasteiger partial charge is 0.319 e. The minimum absolute atomic E-state index is 0.419. The molecule has 0 amide bonds. The van der Waals surface area contributed by atoms with Gasteiger partial charge < -0.3 is 4.74 Å². The number of benzene rings is 1. The summed E-state index contributed by atoms with van der Waals surface area (Å²) in [6, 6.07) is 7.92. The van der Waals surface area contributed by atoms with Gasteiger partial charge in [0, 0.05) is 11.5 Å². The molecule has 0 radical (unpaired) electrons. The summed E-state index contributed by atoms with van der Waals surface area (Å²) in [7, 11) is 0. The van der Waals surface area contributed by atoms with E-state index in [1.807, 2.05) is 18.2 Å². The molecule has 0 unspecified atom stereocenters. The van der Waals surface area contributed by atoms with Crippen LogP contribution in [0.4, 0.5) is 0 Å². The van der Waals surface area contributed by atoms with Crippen LogP contribution in [-0.2, 0) is 0 Å². The normalized spacial score (nSPS) is 10.6. The summed E-state index contributed by atoms with van der Waals surface area (Å²) in [4.78, 5) is 0. The second kappa shape index (κ2) is 4.35. The number of hydrogen-bond acceptors (Lipinski definition) is 5. The molecule has 0 atom stereocenters. The van der Waals surface area contributed by atoms with Gasteiger partial charge in [0.15, 0.2) is 0 Å². The van der Waals surface area contributed by atoms with Gasteiger partial charge in [-0.15, -0.1) is 0 Å². The van der Waals surface area contributed by atoms with E-state index < -0.39 is 0 Å². The Bertz CT molecular complexity index is 428. The quantitative estimate of drug-likeness (QED) is 0.799. The summed E-state index contributed by atoms with van der Waals surface area (Å²) in [5, 5.41) is 7.71. The zero-order valence-electron chi connectivity index (χ0n) is 8.54. The van der Waals surface area contributed by atoms with Crippen LogP contribution in [0.25, 0.3) is 0 Å². The molecule has 2 aromatic rings. The van der Waals surface area contributed by atoms with Crippen molar-refractivity contribution >= 4 is 11.5 Å². The van der Waals surface area contributed by atoms with Gasteiger partial charge in [-0.05, 0) is 22.8 Å². The van der Waals surface area contributed by atoms with Crippen LogP contribution >= 0.6 is 11.5 Å². The molecule has 1 aromatic carbocycles. The minimum atomic E-state index is 0.419. The average molecular weight is 221 g/mol. The van der Waals surface area contributed by atoms with Crippen LogP contribution in [0, 0.1) is 0 Å². The summed E-state index contributed by atoms with van der Waals surface area (Å²) in [6.07, 6.45) is 0. The van der Waals surface area contributed by atoms with Gasteiger partial charge in [-0.3, -0.25) is 0 Å². The van der Waals surface area contributed by atoms with E-state index in [9.17, 15) is 0 Å². The molecule has 0 N–H and O–H groups in total. The first kappa shape index (κ1) is 10.0. The van der Waals surface area contributed by atoms with E-state index in [-0.39, 0.29) is 0 Å². The number of rotatable bonds is 3. The van der Waals surface area contributed by atoms with Crippen molar-refractivity contribution in [1.82, 2.24) is 14.8 Å². The zero-order chi connectivity index (χ0) is 10.7. The van der Waals surface area contributed by atoms with Gasteiger partial charge in [0.25, 0.3) is 0 Å². The lowest BCUT2D eigenvalue weighted by atomic mass is 10.0. The second-order valence-corrected chi connectivity index (χ2v) is 4.12. The van der Waals surface area contributed by atoms with Crippen molar-refractivity contribution in [2.24, 2.45) is 0 Å². The Balaban J connectivity index is 2.28. The van der Waals surface area contributed by atoms with Crippen LogP contribution in [0.1, 0.15) is 25.3 Å². The van der Waals surface area contributed by atoms with Crippen LogP contribution in [0.15, 0.2) is 24.3 Å². The molecule has 0 aliphatic heterocycles. The van der Waals surface area contributed by atoms with Gasteiger partial charge in [0.1, 0.15) is 5.75 Å². The van der Waals surface area contributed by atoms with E-state index in [0.717, 1.165) is 22.8 Å². The van der Waals surface area contributed by atoms with E-state index in [2.05, 4.69) is 34.7 Å². The van der Waals surface area contributed by atoms with Crippen molar-refractivity contribution in [3.63, 3.8) is 0 Å². The third-order valence-electron chi connectivity index (χ3n) is 2.02. The Labute approximate surface area is 92.1 Å². The van der Waals surface area contributed by atoms with Crippen molar-refractivity contribution in [3.8, 4) is 10.9 Å². The first-order valence-electron chi connectivity index (χ1n) is 4.69. The molecule has 15 heavy (non-hydrogen) atoms. The zero-order valence-corrected chi connectivity index (χ0v) is 9.36. The van der Waals surface area contributed by atoms with Gasteiger partial charge in [0.05, 0.1) is 0 Å². The summed E-state index contributed by atoms with van der Waals surface area (Å²) in [5.74, 6) is 1.24. The fourth-order valence-electron chi connectivity index (χ4n) is 1.31. The number of nitrogens with zero attached hydrogens (tertiary/aromatic N) is 3. The number of para-hydroxylation sites is 1. The second-order valence-electron chi connectivity index (χ2n) is 3.42. The maximum atomic E-state index is 5.59. The largest absolute Gasteiger partial charge is 0.428 e. The average Bonchev–Trinajstić information content (AvgIpc) is 2.71. The molecule has 0 saturated carbocycles. The van der Waals surface area contributed by atoms with Crippen LogP contribution in [0.2, 0.25) is 0 Å². The molecular weight excluding hydrogens is 210 g/mol. The van der Waals surface area contributed by atoms with Crippen molar-refractivity contribution in [3.05, 3.63) is 29.8 Å². The van der Waals surface area contributed by atoms with Crippen LogP contribution in [-0.4, -0.2) is 14.8 Å². The highest BCUT2D eigenvalue weighted by atomic mass is 32.1. The lowest BCUT2D eigenvalue weighted by Gasteiger charge is -2.10. The molecule has 78 valence electrons. The van der Waals surface area contributed by atoms with Crippen molar-refractivity contribution < 1.29 is 4.74 Å². The monoisotopic (exact) mass is 221 g/mol. The summed E-state index contributed by atoms with van der Waals surface area (Å²) < 4.78 is 9.24. The molecule has 0 saturated heterocycles. The number of ether oxygens (including phenoxy) is 1. The Hall–Kier alpha value is -1.49. The third kappa shape index (κ3) is 2.30. The maximum Gasteiger partial charge on any atom is 0.319 e. The molecule has 1 heterocycles. The highest BCUT2D eigenvalue weighted by Gasteiger charge is 2.09. The van der Waals surface area contributed by atoms with Crippen molar-refractivity contribution in [2.45, 2.75) is 19.8 Å². The molecule has 0 fully saturated rings. The minimum Gasteiger partial charge on any atom is -0.428 e. The molecule has 0 aliphatic rings. The number of aromatic nitrogens is 3. The maximum absolute atomic E-state index is 5.59. The Morgan fingerprint density at radius 1 is 1.27 bits per heavy atom. The van der Waals surface area contributed by atoms with Crippen LogP contribution in [0.5, 0.6) is 10.9 Å². The van der Waals surface area contributed by atoms with Crippen molar-refractivity contribution in [1.29, 1.82) is 0 Å². The molecule has 1 aromatic heterocycles. The predicted molar refractivity (Wildman–Crippen MR) is 58.3 cm³/mol. The fraction of sp³-hybridized carbons (Fsp3) is 0.300. The third-order valence-corrected chi connectivity index (χ3v) is 2.50. The fourth-order valence-corrected chi connectivity index (χ4v) is 1.65. The van der Waals surface area contributed by atoms with Gasteiger partial charge in [-0.2, -0.15) is 0 Å². The van der Waals surface area contributed by atoms with E-state index in [0.29, 0.717) is 11.1 Å². The molecule has 0 aliphatic carbocycles. The molecule has 0 bridgehead atoms. The predicted octanol–water partition coefficient (Wildman–Crippen LogP) is 2.85. The van der Waals surface area contributed by atoms with Crippen LogP contribution < -0.4 is 4.74 Å². The summed E-state index contributed by atoms with van der Waals surface area (Å²) in [6.45, 7) is 4.25. The first-order chi connectivity index (χ1) is 7.27. The SMILES string of the molecule is CC(C)c1ccccc1Oc1nnns1. The van der Waals surface area contributed by atoms with E-state index in [4.69, 9.17) is 4.74 Å². The standard InChI is InChI=1S/C10H11N3OS/c1-7(2)8-5-3-4-6-9(8)14-10-11-12-13-15-10/h3-7H,1-2H3. The molecule has 2 rings (SSSR count). The van der Waals surface area contributed by atoms with E-state index in [1.54, 1.807) is 0 Å². The highest BCUT2D eigenvalue weighted by Crippen LogP contribution is 2.29. The molecular formula is C10H11N3OS. The number of hydrogen-bond donors (Lipinski definition) is 0. The Morgan fingerprint density at radius 3 is 2.73 bits per heavy atom. The highest BCUT2D eigenvalue weighted by molar-refractivity contribution is 7.07. The lowest BCUT2D eigenvalue weighted by molar-refractivity contribution is 0.463. The molecule has 4 nitrogen and oxygen atoms in total. The Kier molecular flexibility index (Phi) is 2.91. The topological polar surface area (TPSA) is 47.9 Å². The van der Waals surface area contributed by atoms with E-state index >= 15 is 0 Å². The van der Waals surface area contributed by atoms with Gasteiger partial charge >= 0.3 is 5.19 Å². The van der Waals surface area contributed by atoms with Crippen molar-refractivity contribution in [2.75, 3.05) is 0 Å². The molecule has 5 heteroatoms. The van der Waals surface area contributed by atoms with Crippen LogP contribution in [0.3, 0.4) is 0 Å². The van der Waals surface area contributed by atoms with E-state index in [1.165, 1.54) is 0 Å². The Morgan fingerprint density at radius 2 is 2.07 bits per heavy atom. The van der Waals surface area contributed by atoms with Gasteiger partial charge in [-0.1, -0.05) is 41.6 Å². The van der Waals surface area contributed by atoms with Gasteiger partial charge in [-0.25, -0.2) is 0 Å². The first-order valence-corrected chi connectivity index (χ1v) is 5.46. The van der Waals surface area contributed by atoms with Gasteiger partial charge in [0.2, 0.25) is 0 Å².